The fraction of sp³-hybridized carbons (Fsp3) is 0.389. The lowest BCUT2D eigenvalue weighted by Gasteiger charge is -2.14. The SMILES string of the molecule is CC(=O)NCCc1nnc(-c2ccc(N3CC(CNC(C)=O)OC3=O)cc2F)s1. The highest BCUT2D eigenvalue weighted by Gasteiger charge is 2.32. The number of nitrogens with one attached hydrogen (secondary N) is 2. The second-order valence-electron chi connectivity index (χ2n) is 6.45. The third-order valence-electron chi connectivity index (χ3n) is 4.13. The minimum atomic E-state index is -0.594. The summed E-state index contributed by atoms with van der Waals surface area (Å²) in [7, 11) is 0. The maximum atomic E-state index is 14.7. The second kappa shape index (κ2) is 8.95. The van der Waals surface area contributed by atoms with Gasteiger partial charge in [0, 0.05) is 32.4 Å². The van der Waals surface area contributed by atoms with Gasteiger partial charge in [0.2, 0.25) is 11.8 Å². The van der Waals surface area contributed by atoms with Crippen LogP contribution in [0.4, 0.5) is 14.9 Å². The predicted molar refractivity (Wildman–Crippen MR) is 104 cm³/mol. The summed E-state index contributed by atoms with van der Waals surface area (Å²) in [5.41, 5.74) is 0.636. The average molecular weight is 421 g/mol. The maximum Gasteiger partial charge on any atom is 0.414 e. The largest absolute Gasteiger partial charge is 0.442 e. The Labute approximate surface area is 170 Å². The monoisotopic (exact) mass is 421 g/mol. The van der Waals surface area contributed by atoms with Crippen molar-refractivity contribution in [3.8, 4) is 10.6 Å². The Kier molecular flexibility index (Phi) is 6.37. The molecule has 29 heavy (non-hydrogen) atoms. The summed E-state index contributed by atoms with van der Waals surface area (Å²) < 4.78 is 19.9. The molecule has 2 aromatic rings. The number of aromatic nitrogens is 2. The minimum Gasteiger partial charge on any atom is -0.442 e. The van der Waals surface area contributed by atoms with Crippen molar-refractivity contribution in [3.63, 3.8) is 0 Å². The van der Waals surface area contributed by atoms with Crippen molar-refractivity contribution >= 4 is 34.9 Å². The molecule has 0 aliphatic carbocycles. The van der Waals surface area contributed by atoms with Crippen LogP contribution in [-0.2, 0) is 20.7 Å². The first kappa shape index (κ1) is 20.6. The lowest BCUT2D eigenvalue weighted by atomic mass is 10.2. The molecule has 9 nitrogen and oxygen atoms in total. The lowest BCUT2D eigenvalue weighted by Crippen LogP contribution is -2.33. The van der Waals surface area contributed by atoms with Crippen molar-refractivity contribution in [2.24, 2.45) is 0 Å². The van der Waals surface area contributed by atoms with Gasteiger partial charge in [0.25, 0.3) is 0 Å². The summed E-state index contributed by atoms with van der Waals surface area (Å²) in [5.74, 6) is -0.885. The zero-order valence-electron chi connectivity index (χ0n) is 15.9. The van der Waals surface area contributed by atoms with Crippen LogP contribution in [-0.4, -0.2) is 53.8 Å². The van der Waals surface area contributed by atoms with E-state index in [1.807, 2.05) is 0 Å². The van der Waals surface area contributed by atoms with Crippen LogP contribution >= 0.6 is 11.3 Å². The van der Waals surface area contributed by atoms with Gasteiger partial charge in [-0.15, -0.1) is 10.2 Å². The van der Waals surface area contributed by atoms with Crippen molar-refractivity contribution in [1.29, 1.82) is 0 Å². The summed E-state index contributed by atoms with van der Waals surface area (Å²) >= 11 is 1.24. The zero-order chi connectivity index (χ0) is 21.0. The van der Waals surface area contributed by atoms with Gasteiger partial charge in [0.05, 0.1) is 18.8 Å². The van der Waals surface area contributed by atoms with Crippen LogP contribution < -0.4 is 15.5 Å². The fourth-order valence-corrected chi connectivity index (χ4v) is 3.62. The predicted octanol–water partition coefficient (Wildman–Crippen LogP) is 1.48. The Morgan fingerprint density at radius 2 is 2.03 bits per heavy atom. The number of hydrogen-bond acceptors (Lipinski definition) is 7. The standard InChI is InChI=1S/C18H20FN5O4S/c1-10(25)20-6-5-16-22-23-17(29-16)14-4-3-12(7-15(14)19)24-9-13(28-18(24)27)8-21-11(2)26/h3-4,7,13H,5-6,8-9H2,1-2H3,(H,20,25)(H,21,26). The van der Waals surface area contributed by atoms with Gasteiger partial charge in [0.1, 0.15) is 16.9 Å². The maximum absolute atomic E-state index is 14.7. The summed E-state index contributed by atoms with van der Waals surface area (Å²) in [6, 6.07) is 4.39. The highest BCUT2D eigenvalue weighted by Crippen LogP contribution is 2.30. The van der Waals surface area contributed by atoms with E-state index in [1.54, 1.807) is 6.07 Å². The number of rotatable bonds is 7. The molecule has 11 heteroatoms. The molecule has 1 fully saturated rings. The molecule has 154 valence electrons. The summed E-state index contributed by atoms with van der Waals surface area (Å²) in [4.78, 5) is 35.3. The number of amides is 3. The van der Waals surface area contributed by atoms with Gasteiger partial charge in [-0.05, 0) is 18.2 Å². The molecule has 1 aliphatic heterocycles. The van der Waals surface area contributed by atoms with Crippen LogP contribution in [0.3, 0.4) is 0 Å². The van der Waals surface area contributed by atoms with Crippen LogP contribution in [0.1, 0.15) is 18.9 Å². The van der Waals surface area contributed by atoms with Gasteiger partial charge in [-0.2, -0.15) is 0 Å². The number of benzene rings is 1. The number of hydrogen-bond donors (Lipinski definition) is 2. The highest BCUT2D eigenvalue weighted by atomic mass is 32.1. The molecule has 3 rings (SSSR count). The van der Waals surface area contributed by atoms with Gasteiger partial charge in [-0.25, -0.2) is 9.18 Å². The Morgan fingerprint density at radius 1 is 1.28 bits per heavy atom. The van der Waals surface area contributed by atoms with E-state index in [2.05, 4.69) is 20.8 Å². The second-order valence-corrected chi connectivity index (χ2v) is 7.51. The number of carbonyl (C=O) groups excluding carboxylic acids is 3. The molecule has 0 bridgehead atoms. The molecular formula is C18H20FN5O4S. The Hall–Kier alpha value is -3.08. The summed E-state index contributed by atoms with van der Waals surface area (Å²) in [6.45, 7) is 3.65. The number of carbonyl (C=O) groups is 3. The normalized spacial score (nSPS) is 15.9. The number of cyclic esters (lactones) is 1. The van der Waals surface area contributed by atoms with Gasteiger partial charge in [0.15, 0.2) is 5.01 Å². The van der Waals surface area contributed by atoms with E-state index in [9.17, 15) is 18.8 Å². The van der Waals surface area contributed by atoms with Gasteiger partial charge in [-0.3, -0.25) is 14.5 Å². The van der Waals surface area contributed by atoms with Crippen LogP contribution in [0, 0.1) is 5.82 Å². The van der Waals surface area contributed by atoms with E-state index < -0.39 is 18.0 Å². The van der Waals surface area contributed by atoms with Crippen molar-refractivity contribution < 1.29 is 23.5 Å². The van der Waals surface area contributed by atoms with Crippen molar-refractivity contribution in [2.45, 2.75) is 26.4 Å². The molecule has 2 heterocycles. The van der Waals surface area contributed by atoms with Gasteiger partial charge >= 0.3 is 6.09 Å². The summed E-state index contributed by atoms with van der Waals surface area (Å²) in [5, 5.41) is 14.4. The first-order valence-electron chi connectivity index (χ1n) is 8.93. The lowest BCUT2D eigenvalue weighted by molar-refractivity contribution is -0.120. The van der Waals surface area contributed by atoms with Crippen molar-refractivity contribution in [2.75, 3.05) is 24.5 Å². The Morgan fingerprint density at radius 3 is 2.72 bits per heavy atom. The minimum absolute atomic E-state index is 0.129. The van der Waals surface area contributed by atoms with E-state index in [0.29, 0.717) is 28.7 Å². The number of nitrogens with zero attached hydrogens (tertiary/aromatic N) is 3. The molecule has 2 N–H and O–H groups in total. The fourth-order valence-electron chi connectivity index (χ4n) is 2.75. The highest BCUT2D eigenvalue weighted by molar-refractivity contribution is 7.14. The quantitative estimate of drug-likeness (QED) is 0.700. The summed E-state index contributed by atoms with van der Waals surface area (Å²) in [6.07, 6.45) is -0.584. The van der Waals surface area contributed by atoms with Crippen LogP contribution in [0.5, 0.6) is 0 Å². The van der Waals surface area contributed by atoms with Crippen LogP contribution in [0.2, 0.25) is 0 Å². The molecule has 1 aliphatic rings. The smallest absolute Gasteiger partial charge is 0.414 e. The Balaban J connectivity index is 1.67. The topological polar surface area (TPSA) is 114 Å². The van der Waals surface area contributed by atoms with Crippen molar-refractivity contribution in [1.82, 2.24) is 20.8 Å². The molecule has 1 unspecified atom stereocenters. The first-order valence-corrected chi connectivity index (χ1v) is 9.74. The van der Waals surface area contributed by atoms with E-state index in [0.717, 1.165) is 0 Å². The molecule has 1 aromatic heterocycles. The molecule has 1 saturated heterocycles. The molecule has 1 atom stereocenters. The molecule has 3 amide bonds. The zero-order valence-corrected chi connectivity index (χ0v) is 16.7. The number of ether oxygens (including phenoxy) is 1. The molecular weight excluding hydrogens is 401 g/mol. The molecule has 1 aromatic carbocycles. The number of anilines is 1. The van der Waals surface area contributed by atoms with Crippen LogP contribution in [0.25, 0.3) is 10.6 Å². The third-order valence-corrected chi connectivity index (χ3v) is 5.14. The van der Waals surface area contributed by atoms with E-state index >= 15 is 0 Å². The van der Waals surface area contributed by atoms with E-state index in [1.165, 1.54) is 42.2 Å². The third kappa shape index (κ3) is 5.25. The molecule has 0 saturated carbocycles. The van der Waals surface area contributed by atoms with Crippen molar-refractivity contribution in [3.05, 3.63) is 29.0 Å². The first-order chi connectivity index (χ1) is 13.8. The Bertz CT molecular complexity index is 935. The van der Waals surface area contributed by atoms with Crippen LogP contribution in [0.15, 0.2) is 18.2 Å². The molecule has 0 spiro atoms. The average Bonchev–Trinajstić information content (AvgIpc) is 3.26. The van der Waals surface area contributed by atoms with E-state index in [-0.39, 0.29) is 30.5 Å². The number of halogens is 1. The van der Waals surface area contributed by atoms with Gasteiger partial charge in [-0.1, -0.05) is 11.3 Å². The molecule has 0 radical (unpaired) electrons. The van der Waals surface area contributed by atoms with Gasteiger partial charge < -0.3 is 15.4 Å². The van der Waals surface area contributed by atoms with E-state index in [4.69, 9.17) is 4.74 Å².